The number of rotatable bonds is 13. The van der Waals surface area contributed by atoms with E-state index in [2.05, 4.69) is 26.3 Å². The van der Waals surface area contributed by atoms with E-state index >= 15 is 0 Å². The summed E-state index contributed by atoms with van der Waals surface area (Å²) in [7, 11) is 0. The van der Waals surface area contributed by atoms with E-state index in [0.29, 0.717) is 54.5 Å². The van der Waals surface area contributed by atoms with Gasteiger partial charge in [-0.1, -0.05) is 88.9 Å². The highest BCUT2D eigenvalue weighted by Crippen LogP contribution is 2.71. The van der Waals surface area contributed by atoms with E-state index < -0.39 is 0 Å². The molecular formula is C35H52O2. The third kappa shape index (κ3) is 5.58. The van der Waals surface area contributed by atoms with Gasteiger partial charge in [0.2, 0.25) is 0 Å². The fourth-order valence-electron chi connectivity index (χ4n) is 9.43. The minimum absolute atomic E-state index is 0.0137. The Hall–Kier alpha value is -1.62. The maximum absolute atomic E-state index is 13.3. The van der Waals surface area contributed by atoms with Crippen molar-refractivity contribution in [2.75, 3.05) is 0 Å². The number of carbonyl (C=O) groups is 2. The Labute approximate surface area is 227 Å². The highest BCUT2D eigenvalue weighted by molar-refractivity contribution is 5.91. The van der Waals surface area contributed by atoms with Crippen LogP contribution in [0.2, 0.25) is 0 Å². The first-order chi connectivity index (χ1) is 17.9. The molecule has 0 saturated heterocycles. The molecule has 0 amide bonds. The Morgan fingerprint density at radius 3 is 2.41 bits per heavy atom. The van der Waals surface area contributed by atoms with Gasteiger partial charge in [0.25, 0.3) is 0 Å². The second-order valence-corrected chi connectivity index (χ2v) is 13.1. The van der Waals surface area contributed by atoms with E-state index in [4.69, 9.17) is 6.42 Å². The number of unbranched alkanes of at least 4 members (excludes halogenated alkanes) is 8. The summed E-state index contributed by atoms with van der Waals surface area (Å²) in [5, 5.41) is 0. The molecule has 0 unspecified atom stereocenters. The quantitative estimate of drug-likeness (QED) is 0.142. The van der Waals surface area contributed by atoms with Gasteiger partial charge in [0.1, 0.15) is 5.78 Å². The summed E-state index contributed by atoms with van der Waals surface area (Å²) in [6.07, 6.45) is 29.2. The number of fused-ring (bicyclic) bond motifs is 5. The average Bonchev–Trinajstić information content (AvgIpc) is 3.21. The molecule has 0 heterocycles. The lowest BCUT2D eigenvalue weighted by Crippen LogP contribution is -2.52. The summed E-state index contributed by atoms with van der Waals surface area (Å²) < 4.78 is 0. The van der Waals surface area contributed by atoms with Crippen molar-refractivity contribution < 1.29 is 9.59 Å². The minimum atomic E-state index is -0.310. The van der Waals surface area contributed by atoms with Gasteiger partial charge in [-0.15, -0.1) is 6.42 Å². The van der Waals surface area contributed by atoms with Crippen LogP contribution in [-0.2, 0) is 9.59 Å². The van der Waals surface area contributed by atoms with Crippen molar-refractivity contribution in [1.29, 1.82) is 0 Å². The van der Waals surface area contributed by atoms with Crippen LogP contribution < -0.4 is 0 Å². The summed E-state index contributed by atoms with van der Waals surface area (Å²) in [5.41, 5.74) is 2.45. The monoisotopic (exact) mass is 504 g/mol. The highest BCUT2D eigenvalue weighted by Gasteiger charge is 2.64. The zero-order valence-corrected chi connectivity index (χ0v) is 23.9. The lowest BCUT2D eigenvalue weighted by Gasteiger charge is -2.58. The summed E-state index contributed by atoms with van der Waals surface area (Å²) >= 11 is 0. The van der Waals surface area contributed by atoms with Crippen molar-refractivity contribution in [3.8, 4) is 12.3 Å². The molecule has 0 aromatic rings. The largest absolute Gasteiger partial charge is 0.300 e. The van der Waals surface area contributed by atoms with Crippen LogP contribution in [0, 0.1) is 46.8 Å². The van der Waals surface area contributed by atoms with Crippen LogP contribution in [0.25, 0.3) is 0 Å². The summed E-state index contributed by atoms with van der Waals surface area (Å²) in [6.45, 7) is 9.26. The van der Waals surface area contributed by atoms with E-state index in [1.165, 1.54) is 62.5 Å². The number of hydrogen-bond donors (Lipinski definition) is 0. The van der Waals surface area contributed by atoms with Crippen LogP contribution >= 0.6 is 0 Å². The molecule has 4 aliphatic rings. The first-order valence-electron chi connectivity index (χ1n) is 15.8. The van der Waals surface area contributed by atoms with Crippen LogP contribution in [0.5, 0.6) is 0 Å². The molecule has 3 fully saturated rings. The molecule has 0 bridgehead atoms. The van der Waals surface area contributed by atoms with Gasteiger partial charge in [-0.05, 0) is 86.5 Å². The van der Waals surface area contributed by atoms with Gasteiger partial charge < -0.3 is 0 Å². The maximum Gasteiger partial charge on any atom is 0.155 e. The van der Waals surface area contributed by atoms with E-state index in [-0.39, 0.29) is 10.8 Å². The van der Waals surface area contributed by atoms with Crippen LogP contribution in [-0.4, -0.2) is 11.6 Å². The molecule has 6 atom stereocenters. The second kappa shape index (κ2) is 12.5. The third-order valence-corrected chi connectivity index (χ3v) is 11.2. The van der Waals surface area contributed by atoms with Gasteiger partial charge in [-0.3, -0.25) is 9.59 Å². The zero-order valence-electron chi connectivity index (χ0n) is 23.9. The highest BCUT2D eigenvalue weighted by atomic mass is 16.1. The number of ketones is 2. The molecular weight excluding hydrogens is 452 g/mol. The fraction of sp³-hybridized carbons (Fsp3) is 0.771. The lowest BCUT2D eigenvalue weighted by atomic mass is 9.46. The van der Waals surface area contributed by atoms with E-state index in [9.17, 15) is 9.59 Å². The molecule has 0 aromatic heterocycles. The Kier molecular flexibility index (Phi) is 9.58. The third-order valence-electron chi connectivity index (χ3n) is 11.2. The molecule has 0 radical (unpaired) electrons. The Balaban J connectivity index is 1.37. The number of hydrogen-bond acceptors (Lipinski definition) is 2. The van der Waals surface area contributed by atoms with Gasteiger partial charge in [0, 0.05) is 24.7 Å². The molecule has 0 aliphatic heterocycles. The molecule has 204 valence electrons. The molecule has 2 heteroatoms. The van der Waals surface area contributed by atoms with Gasteiger partial charge in [-0.2, -0.15) is 0 Å². The fourth-order valence-corrected chi connectivity index (χ4v) is 9.43. The van der Waals surface area contributed by atoms with Gasteiger partial charge in [0.05, 0.1) is 0 Å². The number of Topliss-reactive ketones (excluding diaryl/α,β-unsaturated/α-hetero) is 1. The molecule has 2 nitrogen and oxygen atoms in total. The average molecular weight is 505 g/mol. The van der Waals surface area contributed by atoms with Crippen molar-refractivity contribution in [3.63, 3.8) is 0 Å². The van der Waals surface area contributed by atoms with E-state index in [1.807, 2.05) is 6.08 Å². The van der Waals surface area contributed by atoms with Crippen LogP contribution in [0.4, 0.5) is 0 Å². The number of carbonyl (C=O) groups excluding carboxylic acids is 2. The Morgan fingerprint density at radius 2 is 1.73 bits per heavy atom. The number of allylic oxidation sites excluding steroid dienone is 2. The molecule has 3 saturated carbocycles. The van der Waals surface area contributed by atoms with Crippen molar-refractivity contribution in [1.82, 2.24) is 0 Å². The predicted molar refractivity (Wildman–Crippen MR) is 154 cm³/mol. The molecule has 0 spiro atoms. The standard InChI is InChI=1S/C35H52O2/c1-5-8-9-10-11-12-13-14-15-16-29(37)25-34(6-2)22-21-32-31-19-17-27-23-28(36)18-20-30(27)33(31)26(4)24-35(32,34)7-3/h2,23,30-33H,4-5,7-22,24-25H2,1,3H3/t30-,31-,32-,33+,34+,35-/m0/s1. The normalized spacial score (nSPS) is 34.8. The summed E-state index contributed by atoms with van der Waals surface area (Å²) in [6, 6.07) is 0. The topological polar surface area (TPSA) is 34.1 Å². The zero-order chi connectivity index (χ0) is 26.5. The van der Waals surface area contributed by atoms with Gasteiger partial charge in [-0.25, -0.2) is 0 Å². The summed E-state index contributed by atoms with van der Waals surface area (Å²) in [5.74, 6) is 6.21. The molecule has 4 aliphatic carbocycles. The summed E-state index contributed by atoms with van der Waals surface area (Å²) in [4.78, 5) is 25.4. The van der Waals surface area contributed by atoms with Crippen LogP contribution in [0.1, 0.15) is 136 Å². The maximum atomic E-state index is 13.3. The van der Waals surface area contributed by atoms with Crippen LogP contribution in [0.15, 0.2) is 23.8 Å². The van der Waals surface area contributed by atoms with Crippen LogP contribution in [0.3, 0.4) is 0 Å². The van der Waals surface area contributed by atoms with Crippen molar-refractivity contribution in [3.05, 3.63) is 23.8 Å². The molecule has 37 heavy (non-hydrogen) atoms. The van der Waals surface area contributed by atoms with Crippen molar-refractivity contribution in [2.45, 2.75) is 136 Å². The van der Waals surface area contributed by atoms with Gasteiger partial charge >= 0.3 is 0 Å². The van der Waals surface area contributed by atoms with Crippen molar-refractivity contribution >= 4 is 11.6 Å². The Bertz CT molecular complexity index is 918. The second-order valence-electron chi connectivity index (χ2n) is 13.1. The Morgan fingerprint density at radius 1 is 1.03 bits per heavy atom. The molecule has 0 N–H and O–H groups in total. The molecule has 0 aromatic carbocycles. The van der Waals surface area contributed by atoms with Gasteiger partial charge in [0.15, 0.2) is 5.78 Å². The van der Waals surface area contributed by atoms with Crippen molar-refractivity contribution in [2.24, 2.45) is 34.5 Å². The minimum Gasteiger partial charge on any atom is -0.300 e. The van der Waals surface area contributed by atoms with E-state index in [0.717, 1.165) is 51.4 Å². The first kappa shape index (κ1) is 28.4. The lowest BCUT2D eigenvalue weighted by molar-refractivity contribution is -0.123. The predicted octanol–water partition coefficient (Wildman–Crippen LogP) is 9.18. The van der Waals surface area contributed by atoms with E-state index in [1.54, 1.807) is 0 Å². The number of terminal acetylenes is 1. The first-order valence-corrected chi connectivity index (χ1v) is 15.8. The smallest absolute Gasteiger partial charge is 0.155 e. The SMILES string of the molecule is C#C[C@]1(CC(=O)CCCCCCCCCCC)CC[C@H]2[C@@H]3CCC4=CC(=O)CC[C@@H]4[C@H]3C(=C)C[C@@]21CC. The molecule has 4 rings (SSSR count).